The molecular weight excluding hydrogens is 271 g/mol. The molecule has 0 amide bonds. The fraction of sp³-hybridized carbons (Fsp3) is 0.455. The summed E-state index contributed by atoms with van der Waals surface area (Å²) in [5.74, 6) is 0.357. The zero-order valence-electron chi connectivity index (χ0n) is 9.47. The first-order valence-corrected chi connectivity index (χ1v) is 5.63. The molecule has 0 fully saturated rings. The molecule has 0 atom stereocenters. The molecule has 0 unspecified atom stereocenters. The Labute approximate surface area is 108 Å². The Morgan fingerprint density at radius 1 is 1.22 bits per heavy atom. The standard InChI is InChI=1S/C11H13ClF3NO2/c12-9-3-1-2-8(4-5-16)10(9)17-6-7-18-11(13,14)15/h1-3H,4-7,16H2. The van der Waals surface area contributed by atoms with Crippen LogP contribution in [0.1, 0.15) is 5.56 Å². The van der Waals surface area contributed by atoms with E-state index in [-0.39, 0.29) is 6.61 Å². The van der Waals surface area contributed by atoms with Gasteiger partial charge in [-0.2, -0.15) is 0 Å². The van der Waals surface area contributed by atoms with Gasteiger partial charge in [-0.3, -0.25) is 4.74 Å². The summed E-state index contributed by atoms with van der Waals surface area (Å²) in [6.07, 6.45) is -4.11. The number of ether oxygens (including phenoxy) is 2. The van der Waals surface area contributed by atoms with E-state index in [2.05, 4.69) is 4.74 Å². The third kappa shape index (κ3) is 5.12. The van der Waals surface area contributed by atoms with E-state index in [9.17, 15) is 13.2 Å². The quantitative estimate of drug-likeness (QED) is 0.817. The molecule has 0 aliphatic heterocycles. The Balaban J connectivity index is 2.55. The lowest BCUT2D eigenvalue weighted by Crippen LogP contribution is -2.18. The largest absolute Gasteiger partial charge is 0.522 e. The van der Waals surface area contributed by atoms with Crippen molar-refractivity contribution in [2.75, 3.05) is 19.8 Å². The Morgan fingerprint density at radius 3 is 2.56 bits per heavy atom. The molecule has 0 aliphatic carbocycles. The molecular formula is C11H13ClF3NO2. The van der Waals surface area contributed by atoms with Crippen molar-refractivity contribution in [2.45, 2.75) is 12.8 Å². The van der Waals surface area contributed by atoms with Crippen LogP contribution in [0, 0.1) is 0 Å². The minimum atomic E-state index is -4.65. The van der Waals surface area contributed by atoms with Crippen molar-refractivity contribution in [1.29, 1.82) is 0 Å². The highest BCUT2D eigenvalue weighted by Gasteiger charge is 2.28. The van der Waals surface area contributed by atoms with Crippen molar-refractivity contribution >= 4 is 11.6 Å². The van der Waals surface area contributed by atoms with Gasteiger partial charge in [0.15, 0.2) is 0 Å². The van der Waals surface area contributed by atoms with Gasteiger partial charge in [-0.25, -0.2) is 0 Å². The number of alkyl halides is 3. The smallest absolute Gasteiger partial charge is 0.489 e. The van der Waals surface area contributed by atoms with Gasteiger partial charge in [0, 0.05) is 0 Å². The first-order valence-electron chi connectivity index (χ1n) is 5.25. The van der Waals surface area contributed by atoms with Crippen molar-refractivity contribution in [1.82, 2.24) is 0 Å². The molecule has 3 nitrogen and oxygen atoms in total. The molecule has 0 saturated carbocycles. The lowest BCUT2D eigenvalue weighted by atomic mass is 10.1. The molecule has 102 valence electrons. The number of benzene rings is 1. The van der Waals surface area contributed by atoms with Crippen LogP contribution >= 0.6 is 11.6 Å². The van der Waals surface area contributed by atoms with E-state index < -0.39 is 13.0 Å². The predicted octanol–water partition coefficient (Wildman–Crippen LogP) is 2.76. The summed E-state index contributed by atoms with van der Waals surface area (Å²) in [5, 5.41) is 0.341. The summed E-state index contributed by atoms with van der Waals surface area (Å²) in [7, 11) is 0. The molecule has 2 N–H and O–H groups in total. The summed E-state index contributed by atoms with van der Waals surface area (Å²) in [4.78, 5) is 0. The van der Waals surface area contributed by atoms with Gasteiger partial charge in [-0.05, 0) is 24.6 Å². The highest BCUT2D eigenvalue weighted by molar-refractivity contribution is 6.32. The highest BCUT2D eigenvalue weighted by atomic mass is 35.5. The predicted molar refractivity (Wildman–Crippen MR) is 61.7 cm³/mol. The fourth-order valence-electron chi connectivity index (χ4n) is 1.37. The average Bonchev–Trinajstić information content (AvgIpc) is 2.26. The van der Waals surface area contributed by atoms with Crippen molar-refractivity contribution in [2.24, 2.45) is 5.73 Å². The molecule has 7 heteroatoms. The number of para-hydroxylation sites is 1. The van der Waals surface area contributed by atoms with E-state index in [1.807, 2.05) is 0 Å². The van der Waals surface area contributed by atoms with Gasteiger partial charge < -0.3 is 10.5 Å². The molecule has 0 radical (unpaired) electrons. The number of rotatable bonds is 6. The van der Waals surface area contributed by atoms with Gasteiger partial charge in [-0.1, -0.05) is 23.7 Å². The molecule has 0 spiro atoms. The number of halogens is 4. The van der Waals surface area contributed by atoms with Crippen LogP contribution in [0.4, 0.5) is 13.2 Å². The Hall–Kier alpha value is -0.980. The summed E-state index contributed by atoms with van der Waals surface area (Å²) in [6.45, 7) is -0.423. The molecule has 1 aromatic carbocycles. The van der Waals surface area contributed by atoms with Gasteiger partial charge in [0.2, 0.25) is 0 Å². The monoisotopic (exact) mass is 283 g/mol. The summed E-state index contributed by atoms with van der Waals surface area (Å²) < 4.78 is 44.0. The Morgan fingerprint density at radius 2 is 1.94 bits per heavy atom. The highest BCUT2D eigenvalue weighted by Crippen LogP contribution is 2.29. The van der Waals surface area contributed by atoms with Gasteiger partial charge in [-0.15, -0.1) is 13.2 Å². The van der Waals surface area contributed by atoms with Crippen LogP contribution in [0.15, 0.2) is 18.2 Å². The lowest BCUT2D eigenvalue weighted by molar-refractivity contribution is -0.325. The molecule has 0 aliphatic rings. The van der Waals surface area contributed by atoms with Gasteiger partial charge >= 0.3 is 6.36 Å². The molecule has 1 aromatic rings. The maximum absolute atomic E-state index is 11.7. The van der Waals surface area contributed by atoms with Crippen molar-refractivity contribution in [3.63, 3.8) is 0 Å². The van der Waals surface area contributed by atoms with Gasteiger partial charge in [0.1, 0.15) is 12.4 Å². The second kappa shape index (κ2) is 6.82. The zero-order valence-corrected chi connectivity index (χ0v) is 10.2. The molecule has 0 heterocycles. The van der Waals surface area contributed by atoms with E-state index in [4.69, 9.17) is 22.1 Å². The van der Waals surface area contributed by atoms with E-state index in [1.54, 1.807) is 18.2 Å². The second-order valence-electron chi connectivity index (χ2n) is 3.41. The molecule has 0 saturated heterocycles. The van der Waals surface area contributed by atoms with Crippen LogP contribution in [-0.4, -0.2) is 26.1 Å². The summed E-state index contributed by atoms with van der Waals surface area (Å²) in [5.41, 5.74) is 6.18. The maximum Gasteiger partial charge on any atom is 0.522 e. The molecule has 0 aromatic heterocycles. The minimum Gasteiger partial charge on any atom is -0.489 e. The first kappa shape index (κ1) is 15.1. The number of hydrogen-bond acceptors (Lipinski definition) is 3. The van der Waals surface area contributed by atoms with Crippen LogP contribution in [0.25, 0.3) is 0 Å². The summed E-state index contributed by atoms with van der Waals surface area (Å²) in [6, 6.07) is 5.09. The van der Waals surface area contributed by atoms with E-state index in [0.29, 0.717) is 23.7 Å². The third-order valence-electron chi connectivity index (χ3n) is 2.06. The van der Waals surface area contributed by atoms with Gasteiger partial charge in [0.05, 0.1) is 11.6 Å². The lowest BCUT2D eigenvalue weighted by Gasteiger charge is -2.13. The summed E-state index contributed by atoms with van der Waals surface area (Å²) >= 11 is 5.91. The van der Waals surface area contributed by atoms with Crippen LogP contribution in [0.3, 0.4) is 0 Å². The van der Waals surface area contributed by atoms with E-state index >= 15 is 0 Å². The minimum absolute atomic E-state index is 0.235. The van der Waals surface area contributed by atoms with Crippen molar-refractivity contribution < 1.29 is 22.6 Å². The van der Waals surface area contributed by atoms with E-state index in [0.717, 1.165) is 5.56 Å². The van der Waals surface area contributed by atoms with Crippen LogP contribution in [-0.2, 0) is 11.2 Å². The average molecular weight is 284 g/mol. The zero-order chi connectivity index (χ0) is 13.6. The molecule has 1 rings (SSSR count). The normalized spacial score (nSPS) is 11.6. The Bertz CT molecular complexity index is 385. The van der Waals surface area contributed by atoms with Crippen LogP contribution in [0.2, 0.25) is 5.02 Å². The fourth-order valence-corrected chi connectivity index (χ4v) is 1.62. The van der Waals surface area contributed by atoms with E-state index in [1.165, 1.54) is 0 Å². The van der Waals surface area contributed by atoms with Crippen molar-refractivity contribution in [3.8, 4) is 5.75 Å². The molecule has 18 heavy (non-hydrogen) atoms. The topological polar surface area (TPSA) is 44.5 Å². The SMILES string of the molecule is NCCc1cccc(Cl)c1OCCOC(F)(F)F. The van der Waals surface area contributed by atoms with Crippen LogP contribution < -0.4 is 10.5 Å². The first-order chi connectivity index (χ1) is 8.44. The number of hydrogen-bond donors (Lipinski definition) is 1. The molecule has 0 bridgehead atoms. The second-order valence-corrected chi connectivity index (χ2v) is 3.82. The van der Waals surface area contributed by atoms with Crippen molar-refractivity contribution in [3.05, 3.63) is 28.8 Å². The van der Waals surface area contributed by atoms with Gasteiger partial charge in [0.25, 0.3) is 0 Å². The third-order valence-corrected chi connectivity index (χ3v) is 2.36. The maximum atomic E-state index is 11.7. The number of nitrogens with two attached hydrogens (primary N) is 1. The Kier molecular flexibility index (Phi) is 5.71. The van der Waals surface area contributed by atoms with Crippen LogP contribution in [0.5, 0.6) is 5.75 Å².